The Morgan fingerprint density at radius 2 is 1.59 bits per heavy atom. The predicted molar refractivity (Wildman–Crippen MR) is 115 cm³/mol. The summed E-state index contributed by atoms with van der Waals surface area (Å²) < 4.78 is 1.63. The predicted octanol–water partition coefficient (Wildman–Crippen LogP) is 4.45. The highest BCUT2D eigenvalue weighted by Crippen LogP contribution is 2.29. The lowest BCUT2D eigenvalue weighted by Crippen LogP contribution is -2.23. The smallest absolute Gasteiger partial charge is 0.237 e. The van der Waals surface area contributed by atoms with Crippen molar-refractivity contribution in [1.82, 2.24) is 20.2 Å². The van der Waals surface area contributed by atoms with Crippen molar-refractivity contribution < 1.29 is 4.79 Å². The third-order valence-electron chi connectivity index (χ3n) is 4.36. The Bertz CT molecular complexity index is 1100. The molecular weight excluding hydrogens is 382 g/mol. The molecule has 1 atom stereocenters. The van der Waals surface area contributed by atoms with Gasteiger partial charge in [-0.05, 0) is 41.1 Å². The molecule has 4 aromatic rings. The maximum atomic E-state index is 12.9. The minimum absolute atomic E-state index is 0.110. The summed E-state index contributed by atoms with van der Waals surface area (Å²) in [6, 6.07) is 27.4. The van der Waals surface area contributed by atoms with Crippen LogP contribution in [0.15, 0.2) is 90.1 Å². The van der Waals surface area contributed by atoms with Gasteiger partial charge in [-0.25, -0.2) is 0 Å². The zero-order valence-corrected chi connectivity index (χ0v) is 16.6. The van der Waals surface area contributed by atoms with Gasteiger partial charge in [-0.1, -0.05) is 78.5 Å². The van der Waals surface area contributed by atoms with Crippen LogP contribution in [0.3, 0.4) is 0 Å². The number of hydrogen-bond acceptors (Lipinski definition) is 5. The van der Waals surface area contributed by atoms with Crippen LogP contribution >= 0.6 is 11.8 Å². The molecule has 0 spiro atoms. The van der Waals surface area contributed by atoms with E-state index in [0.717, 1.165) is 22.5 Å². The highest BCUT2D eigenvalue weighted by molar-refractivity contribution is 8.00. The van der Waals surface area contributed by atoms with Crippen LogP contribution in [-0.4, -0.2) is 31.4 Å². The summed E-state index contributed by atoms with van der Waals surface area (Å²) in [5.41, 5.74) is 3.66. The van der Waals surface area contributed by atoms with Gasteiger partial charge in [-0.15, -0.1) is 5.10 Å². The van der Waals surface area contributed by atoms with Crippen molar-refractivity contribution in [3.05, 3.63) is 84.9 Å². The van der Waals surface area contributed by atoms with Crippen LogP contribution in [-0.2, 0) is 4.79 Å². The third kappa shape index (κ3) is 4.35. The third-order valence-corrected chi connectivity index (χ3v) is 5.40. The molecule has 0 aliphatic carbocycles. The van der Waals surface area contributed by atoms with Gasteiger partial charge in [-0.2, -0.15) is 4.68 Å². The van der Waals surface area contributed by atoms with Gasteiger partial charge in [0.15, 0.2) is 0 Å². The molecule has 0 bridgehead atoms. The molecule has 144 valence electrons. The van der Waals surface area contributed by atoms with E-state index in [0.29, 0.717) is 5.16 Å². The molecule has 0 fully saturated rings. The Morgan fingerprint density at radius 1 is 0.931 bits per heavy atom. The standard InChI is InChI=1S/C22H19N5OS/c1-16(29-22-24-25-26-27(22)18-12-6-3-7-13-18)21(28)23-20-15-9-8-14-19(20)17-10-4-2-5-11-17/h2-16H,1H3,(H,23,28)/t16-/m0/s1. The number of anilines is 1. The summed E-state index contributed by atoms with van der Waals surface area (Å²) in [7, 11) is 0. The molecule has 0 radical (unpaired) electrons. The SMILES string of the molecule is C[C@H](Sc1nnnn1-c1ccccc1)C(=O)Nc1ccccc1-c1ccccc1. The van der Waals surface area contributed by atoms with E-state index in [1.54, 1.807) is 4.68 Å². The Hall–Kier alpha value is -3.45. The number of nitrogens with zero attached hydrogens (tertiary/aromatic N) is 4. The van der Waals surface area contributed by atoms with Crippen LogP contribution < -0.4 is 5.32 Å². The number of hydrogen-bond donors (Lipinski definition) is 1. The largest absolute Gasteiger partial charge is 0.325 e. The van der Waals surface area contributed by atoms with Gasteiger partial charge in [0.1, 0.15) is 0 Å². The molecule has 1 heterocycles. The molecule has 1 N–H and O–H groups in total. The van der Waals surface area contributed by atoms with E-state index in [9.17, 15) is 4.79 Å². The van der Waals surface area contributed by atoms with Crippen molar-refractivity contribution >= 4 is 23.4 Å². The molecular formula is C22H19N5OS. The summed E-state index contributed by atoms with van der Waals surface area (Å²) in [4.78, 5) is 12.9. The van der Waals surface area contributed by atoms with Gasteiger partial charge < -0.3 is 5.32 Å². The average Bonchev–Trinajstić information content (AvgIpc) is 3.23. The van der Waals surface area contributed by atoms with Crippen molar-refractivity contribution in [1.29, 1.82) is 0 Å². The first-order chi connectivity index (χ1) is 14.2. The zero-order valence-electron chi connectivity index (χ0n) is 15.8. The molecule has 7 heteroatoms. The summed E-state index contributed by atoms with van der Waals surface area (Å²) >= 11 is 1.32. The number of carbonyl (C=O) groups is 1. The fraction of sp³-hybridized carbons (Fsp3) is 0.0909. The number of carbonyl (C=O) groups excluding carboxylic acids is 1. The number of thioether (sulfide) groups is 1. The number of nitrogens with one attached hydrogen (secondary N) is 1. The molecule has 1 aromatic heterocycles. The lowest BCUT2D eigenvalue weighted by Gasteiger charge is -2.14. The van der Waals surface area contributed by atoms with E-state index in [1.807, 2.05) is 91.9 Å². The maximum absolute atomic E-state index is 12.9. The first kappa shape index (κ1) is 18.9. The van der Waals surface area contributed by atoms with Gasteiger partial charge in [-0.3, -0.25) is 4.79 Å². The molecule has 6 nitrogen and oxygen atoms in total. The quantitative estimate of drug-likeness (QED) is 0.483. The Labute approximate surface area is 173 Å². The Morgan fingerprint density at radius 3 is 2.34 bits per heavy atom. The number of amides is 1. The van der Waals surface area contributed by atoms with E-state index < -0.39 is 0 Å². The molecule has 0 aliphatic rings. The van der Waals surface area contributed by atoms with E-state index in [2.05, 4.69) is 20.8 Å². The molecule has 0 saturated carbocycles. The van der Waals surface area contributed by atoms with Gasteiger partial charge in [0.25, 0.3) is 0 Å². The van der Waals surface area contributed by atoms with Crippen LogP contribution in [0.2, 0.25) is 0 Å². The zero-order chi connectivity index (χ0) is 20.1. The highest BCUT2D eigenvalue weighted by atomic mass is 32.2. The summed E-state index contributed by atoms with van der Waals surface area (Å²) in [6.45, 7) is 1.84. The van der Waals surface area contributed by atoms with Gasteiger partial charge >= 0.3 is 0 Å². The first-order valence-electron chi connectivity index (χ1n) is 9.18. The Kier molecular flexibility index (Phi) is 5.67. The van der Waals surface area contributed by atoms with E-state index in [-0.39, 0.29) is 11.2 Å². The topological polar surface area (TPSA) is 72.7 Å². The first-order valence-corrected chi connectivity index (χ1v) is 10.1. The lowest BCUT2D eigenvalue weighted by molar-refractivity contribution is -0.115. The molecule has 3 aromatic carbocycles. The van der Waals surface area contributed by atoms with Gasteiger partial charge in [0.05, 0.1) is 10.9 Å². The maximum Gasteiger partial charge on any atom is 0.237 e. The van der Waals surface area contributed by atoms with Crippen LogP contribution in [0.5, 0.6) is 0 Å². The van der Waals surface area contributed by atoms with Crippen molar-refractivity contribution in [2.24, 2.45) is 0 Å². The normalized spacial score (nSPS) is 11.8. The number of tetrazole rings is 1. The van der Waals surface area contributed by atoms with Crippen LogP contribution in [0.4, 0.5) is 5.69 Å². The average molecular weight is 401 g/mol. The van der Waals surface area contributed by atoms with E-state index >= 15 is 0 Å². The van der Waals surface area contributed by atoms with Crippen molar-refractivity contribution in [3.8, 4) is 16.8 Å². The fourth-order valence-electron chi connectivity index (χ4n) is 2.89. The minimum Gasteiger partial charge on any atom is -0.325 e. The number of para-hydroxylation sites is 2. The van der Waals surface area contributed by atoms with Crippen molar-refractivity contribution in [3.63, 3.8) is 0 Å². The number of benzene rings is 3. The highest BCUT2D eigenvalue weighted by Gasteiger charge is 2.20. The van der Waals surface area contributed by atoms with Gasteiger partial charge in [0, 0.05) is 11.3 Å². The van der Waals surface area contributed by atoms with Crippen LogP contribution in [0, 0.1) is 0 Å². The second kappa shape index (κ2) is 8.70. The second-order valence-corrected chi connectivity index (χ2v) is 7.68. The summed E-state index contributed by atoms with van der Waals surface area (Å²) in [6.07, 6.45) is 0. The van der Waals surface area contributed by atoms with Crippen LogP contribution in [0.1, 0.15) is 6.92 Å². The molecule has 0 unspecified atom stereocenters. The number of aromatic nitrogens is 4. The van der Waals surface area contributed by atoms with Gasteiger partial charge in [0.2, 0.25) is 11.1 Å². The molecule has 4 rings (SSSR count). The molecule has 1 amide bonds. The summed E-state index contributed by atoms with van der Waals surface area (Å²) in [5, 5.41) is 15.1. The summed E-state index contributed by atoms with van der Waals surface area (Å²) in [5.74, 6) is -0.110. The van der Waals surface area contributed by atoms with Crippen molar-refractivity contribution in [2.75, 3.05) is 5.32 Å². The second-order valence-electron chi connectivity index (χ2n) is 6.37. The Balaban J connectivity index is 1.51. The lowest BCUT2D eigenvalue weighted by atomic mass is 10.0. The van der Waals surface area contributed by atoms with Crippen LogP contribution in [0.25, 0.3) is 16.8 Å². The molecule has 29 heavy (non-hydrogen) atoms. The monoisotopic (exact) mass is 401 g/mol. The van der Waals surface area contributed by atoms with E-state index in [4.69, 9.17) is 0 Å². The molecule has 0 saturated heterocycles. The van der Waals surface area contributed by atoms with Crippen molar-refractivity contribution in [2.45, 2.75) is 17.3 Å². The fourth-order valence-corrected chi connectivity index (χ4v) is 3.70. The minimum atomic E-state index is -0.382. The van der Waals surface area contributed by atoms with E-state index in [1.165, 1.54) is 11.8 Å². The number of rotatable bonds is 6. The molecule has 0 aliphatic heterocycles.